The van der Waals surface area contributed by atoms with Crippen LogP contribution >= 0.6 is 0 Å². The molecule has 3 heteroatoms. The maximum atomic E-state index is 11.2. The molecule has 0 spiro atoms. The number of ether oxygens (including phenoxy) is 1. The summed E-state index contributed by atoms with van der Waals surface area (Å²) in [6, 6.07) is 0. The zero-order valence-electron chi connectivity index (χ0n) is 9.71. The Labute approximate surface area is 87.4 Å². The van der Waals surface area contributed by atoms with E-state index in [1.165, 1.54) is 0 Å². The number of hydrogen-bond acceptors (Lipinski definition) is 3. The highest BCUT2D eigenvalue weighted by atomic mass is 16.5. The lowest BCUT2D eigenvalue weighted by Crippen LogP contribution is -2.26. The first-order valence-corrected chi connectivity index (χ1v) is 5.62. The van der Waals surface area contributed by atoms with Crippen LogP contribution in [0, 0.1) is 0 Å². The highest BCUT2D eigenvalue weighted by molar-refractivity contribution is 5.69. The van der Waals surface area contributed by atoms with E-state index in [0.29, 0.717) is 13.0 Å². The van der Waals surface area contributed by atoms with Crippen LogP contribution in [0.25, 0.3) is 0 Å². The van der Waals surface area contributed by atoms with Gasteiger partial charge in [0.2, 0.25) is 0 Å². The molecule has 0 aromatic carbocycles. The van der Waals surface area contributed by atoms with Crippen molar-refractivity contribution < 1.29 is 9.53 Å². The molecule has 14 heavy (non-hydrogen) atoms. The van der Waals surface area contributed by atoms with Crippen molar-refractivity contribution in [3.63, 3.8) is 0 Å². The molecule has 0 aromatic rings. The molecule has 0 bridgehead atoms. The summed E-state index contributed by atoms with van der Waals surface area (Å²) in [5, 5.41) is 0. The van der Waals surface area contributed by atoms with Gasteiger partial charge in [0.1, 0.15) is 0 Å². The predicted octanol–water partition coefficient (Wildman–Crippen LogP) is 2.06. The van der Waals surface area contributed by atoms with Crippen molar-refractivity contribution in [3.8, 4) is 0 Å². The Kier molecular flexibility index (Phi) is 8.64. The number of carbonyl (C=O) groups is 1. The van der Waals surface area contributed by atoms with Crippen LogP contribution in [0.5, 0.6) is 0 Å². The summed E-state index contributed by atoms with van der Waals surface area (Å²) in [5.41, 5.74) is 0. The zero-order chi connectivity index (χ0) is 10.8. The first-order valence-electron chi connectivity index (χ1n) is 5.62. The smallest absolute Gasteiger partial charge is 0.307 e. The van der Waals surface area contributed by atoms with E-state index in [1.54, 1.807) is 0 Å². The van der Waals surface area contributed by atoms with Gasteiger partial charge in [-0.05, 0) is 19.5 Å². The summed E-state index contributed by atoms with van der Waals surface area (Å²) in [7, 11) is 0. The van der Waals surface area contributed by atoms with Crippen LogP contribution in [0.15, 0.2) is 0 Å². The molecule has 0 saturated carbocycles. The Morgan fingerprint density at radius 3 is 2.36 bits per heavy atom. The molecule has 84 valence electrons. The van der Waals surface area contributed by atoms with Crippen molar-refractivity contribution in [2.75, 3.05) is 26.2 Å². The molecule has 0 rings (SSSR count). The average molecular weight is 201 g/mol. The molecule has 0 amide bonds. The summed E-state index contributed by atoms with van der Waals surface area (Å²) < 4.78 is 5.06. The van der Waals surface area contributed by atoms with Gasteiger partial charge in [0.25, 0.3) is 0 Å². The molecule has 0 unspecified atom stereocenters. The monoisotopic (exact) mass is 201 g/mol. The number of unbranched alkanes of at least 4 members (excludes halogenated alkanes) is 1. The van der Waals surface area contributed by atoms with Gasteiger partial charge in [-0.25, -0.2) is 0 Å². The quantitative estimate of drug-likeness (QED) is 0.445. The molecule has 3 nitrogen and oxygen atoms in total. The fourth-order valence-electron chi connectivity index (χ4n) is 1.19. The van der Waals surface area contributed by atoms with Gasteiger partial charge in [-0.2, -0.15) is 0 Å². The van der Waals surface area contributed by atoms with E-state index in [0.717, 1.165) is 32.5 Å². The third kappa shape index (κ3) is 6.89. The molecular weight excluding hydrogens is 178 g/mol. The van der Waals surface area contributed by atoms with Gasteiger partial charge in [-0.1, -0.05) is 27.2 Å². The highest BCUT2D eigenvalue weighted by Crippen LogP contribution is 1.95. The Bertz CT molecular complexity index is 144. The van der Waals surface area contributed by atoms with E-state index >= 15 is 0 Å². The van der Waals surface area contributed by atoms with Gasteiger partial charge < -0.3 is 9.64 Å². The number of nitrogens with zero attached hydrogens (tertiary/aromatic N) is 1. The van der Waals surface area contributed by atoms with Crippen molar-refractivity contribution in [1.29, 1.82) is 0 Å². The molecule has 0 saturated heterocycles. The van der Waals surface area contributed by atoms with Gasteiger partial charge in [0.05, 0.1) is 13.0 Å². The maximum absolute atomic E-state index is 11.2. The van der Waals surface area contributed by atoms with Crippen LogP contribution in [-0.2, 0) is 9.53 Å². The summed E-state index contributed by atoms with van der Waals surface area (Å²) in [6.07, 6.45) is 2.56. The molecule has 0 radical (unpaired) electrons. The fraction of sp³-hybridized carbons (Fsp3) is 0.909. The third-order valence-electron chi connectivity index (χ3n) is 2.29. The van der Waals surface area contributed by atoms with E-state index in [9.17, 15) is 4.79 Å². The molecule has 0 atom stereocenters. The maximum Gasteiger partial charge on any atom is 0.307 e. The molecule has 0 aliphatic heterocycles. The minimum atomic E-state index is -0.0645. The van der Waals surface area contributed by atoms with Crippen LogP contribution < -0.4 is 0 Å². The number of rotatable bonds is 8. The Balaban J connectivity index is 3.42. The molecule has 0 aliphatic rings. The predicted molar refractivity (Wildman–Crippen MR) is 58.3 cm³/mol. The van der Waals surface area contributed by atoms with E-state index in [-0.39, 0.29) is 5.97 Å². The Morgan fingerprint density at radius 1 is 1.21 bits per heavy atom. The van der Waals surface area contributed by atoms with E-state index in [4.69, 9.17) is 4.74 Å². The molecule has 0 aromatic heterocycles. The fourth-order valence-corrected chi connectivity index (χ4v) is 1.19. The normalized spacial score (nSPS) is 10.6. The minimum Gasteiger partial charge on any atom is -0.466 e. The highest BCUT2D eigenvalue weighted by Gasteiger charge is 2.05. The van der Waals surface area contributed by atoms with Gasteiger partial charge in [0.15, 0.2) is 0 Å². The second kappa shape index (κ2) is 9.00. The number of hydrogen-bond donors (Lipinski definition) is 0. The number of carbonyl (C=O) groups excluding carboxylic acids is 1. The largest absolute Gasteiger partial charge is 0.466 e. The molecule has 0 aliphatic carbocycles. The van der Waals surface area contributed by atoms with Gasteiger partial charge in [-0.3, -0.25) is 4.79 Å². The average Bonchev–Trinajstić information content (AvgIpc) is 2.20. The molecular formula is C11H23NO2. The minimum absolute atomic E-state index is 0.0645. The van der Waals surface area contributed by atoms with Crippen LogP contribution in [0.2, 0.25) is 0 Å². The van der Waals surface area contributed by atoms with E-state index in [1.807, 2.05) is 0 Å². The third-order valence-corrected chi connectivity index (χ3v) is 2.29. The topological polar surface area (TPSA) is 29.5 Å². The van der Waals surface area contributed by atoms with Gasteiger partial charge in [0, 0.05) is 6.54 Å². The second-order valence-electron chi connectivity index (χ2n) is 3.35. The van der Waals surface area contributed by atoms with Gasteiger partial charge >= 0.3 is 5.97 Å². The summed E-state index contributed by atoms with van der Waals surface area (Å²) >= 11 is 0. The SMILES string of the molecule is CCCCOC(=O)CCN(CC)CC. The van der Waals surface area contributed by atoms with Crippen molar-refractivity contribution in [1.82, 2.24) is 4.90 Å². The van der Waals surface area contributed by atoms with Crippen molar-refractivity contribution >= 4 is 5.97 Å². The Morgan fingerprint density at radius 2 is 1.86 bits per heavy atom. The lowest BCUT2D eigenvalue weighted by Gasteiger charge is -2.16. The van der Waals surface area contributed by atoms with Crippen molar-refractivity contribution in [2.45, 2.75) is 40.0 Å². The standard InChI is InChI=1S/C11H23NO2/c1-4-7-10-14-11(13)8-9-12(5-2)6-3/h4-10H2,1-3H3. The number of esters is 1. The van der Waals surface area contributed by atoms with Crippen LogP contribution in [0.1, 0.15) is 40.0 Å². The zero-order valence-corrected chi connectivity index (χ0v) is 9.71. The molecule has 0 N–H and O–H groups in total. The van der Waals surface area contributed by atoms with Crippen molar-refractivity contribution in [2.24, 2.45) is 0 Å². The first kappa shape index (κ1) is 13.4. The van der Waals surface area contributed by atoms with E-state index < -0.39 is 0 Å². The first-order chi connectivity index (χ1) is 6.74. The van der Waals surface area contributed by atoms with Crippen LogP contribution in [-0.4, -0.2) is 37.1 Å². The lowest BCUT2D eigenvalue weighted by atomic mass is 10.3. The van der Waals surface area contributed by atoms with Crippen LogP contribution in [0.4, 0.5) is 0 Å². The van der Waals surface area contributed by atoms with Gasteiger partial charge in [-0.15, -0.1) is 0 Å². The summed E-state index contributed by atoms with van der Waals surface area (Å²) in [5.74, 6) is -0.0645. The van der Waals surface area contributed by atoms with Crippen molar-refractivity contribution in [3.05, 3.63) is 0 Å². The molecule has 0 heterocycles. The Hall–Kier alpha value is -0.570. The van der Waals surface area contributed by atoms with Crippen LogP contribution in [0.3, 0.4) is 0 Å². The second-order valence-corrected chi connectivity index (χ2v) is 3.35. The summed E-state index contributed by atoms with van der Waals surface area (Å²) in [4.78, 5) is 13.4. The molecule has 0 fully saturated rings. The van der Waals surface area contributed by atoms with E-state index in [2.05, 4.69) is 25.7 Å². The summed E-state index contributed by atoms with van der Waals surface area (Å²) in [6.45, 7) is 9.69. The lowest BCUT2D eigenvalue weighted by molar-refractivity contribution is -0.144.